The van der Waals surface area contributed by atoms with Crippen molar-refractivity contribution in [3.63, 3.8) is 0 Å². The zero-order valence-corrected chi connectivity index (χ0v) is 20.8. The van der Waals surface area contributed by atoms with Crippen LogP contribution in [0.4, 0.5) is 4.39 Å². The highest BCUT2D eigenvalue weighted by molar-refractivity contribution is 5.91. The molecule has 3 aromatic carbocycles. The topological polar surface area (TPSA) is 55.0 Å². The van der Waals surface area contributed by atoms with Crippen molar-refractivity contribution >= 4 is 27.8 Å². The number of hydrogen-bond donors (Lipinski definition) is 1. The molecule has 0 atom stereocenters. The number of carbonyl (C=O) groups excluding carboxylic acids is 1. The van der Waals surface area contributed by atoms with Gasteiger partial charge in [-0.2, -0.15) is 0 Å². The van der Waals surface area contributed by atoms with E-state index in [4.69, 9.17) is 9.72 Å². The van der Waals surface area contributed by atoms with E-state index in [1.807, 2.05) is 61.5 Å². The third-order valence-electron chi connectivity index (χ3n) is 6.55. The van der Waals surface area contributed by atoms with Crippen LogP contribution in [0.2, 0.25) is 0 Å². The molecular formula is C31H29FN2O2. The zero-order valence-electron chi connectivity index (χ0n) is 20.8. The molecule has 0 unspecified atom stereocenters. The molecule has 36 heavy (non-hydrogen) atoms. The van der Waals surface area contributed by atoms with Gasteiger partial charge in [0.15, 0.2) is 0 Å². The van der Waals surface area contributed by atoms with Gasteiger partial charge >= 0.3 is 5.97 Å². The molecule has 4 nitrogen and oxygen atoms in total. The number of aromatic nitrogens is 2. The van der Waals surface area contributed by atoms with E-state index < -0.39 is 0 Å². The molecule has 2 heterocycles. The lowest BCUT2D eigenvalue weighted by Gasteiger charge is -2.13. The number of aromatic amines is 1. The Morgan fingerprint density at radius 3 is 2.69 bits per heavy atom. The number of hydrogen-bond acceptors (Lipinski definition) is 3. The van der Waals surface area contributed by atoms with Gasteiger partial charge < -0.3 is 9.72 Å². The molecule has 0 bridgehead atoms. The van der Waals surface area contributed by atoms with Crippen molar-refractivity contribution in [2.75, 3.05) is 0 Å². The Bertz CT molecular complexity index is 1570. The van der Waals surface area contributed by atoms with E-state index in [2.05, 4.69) is 18.8 Å². The van der Waals surface area contributed by atoms with Crippen LogP contribution >= 0.6 is 0 Å². The molecular weight excluding hydrogens is 451 g/mol. The Morgan fingerprint density at radius 2 is 1.86 bits per heavy atom. The van der Waals surface area contributed by atoms with Crippen LogP contribution in [0.3, 0.4) is 0 Å². The fourth-order valence-corrected chi connectivity index (χ4v) is 4.69. The van der Waals surface area contributed by atoms with Crippen molar-refractivity contribution in [1.29, 1.82) is 0 Å². The molecule has 5 aromatic rings. The van der Waals surface area contributed by atoms with Crippen LogP contribution in [0.5, 0.6) is 5.75 Å². The number of pyridine rings is 1. The van der Waals surface area contributed by atoms with Gasteiger partial charge in [0.1, 0.15) is 11.6 Å². The zero-order chi connectivity index (χ0) is 25.2. The number of fused-ring (bicyclic) bond motifs is 2. The predicted octanol–water partition coefficient (Wildman–Crippen LogP) is 7.88. The highest BCUT2D eigenvalue weighted by atomic mass is 19.1. The molecule has 0 spiro atoms. The third kappa shape index (κ3) is 4.87. The van der Waals surface area contributed by atoms with E-state index in [1.165, 1.54) is 6.07 Å². The number of benzene rings is 3. The summed E-state index contributed by atoms with van der Waals surface area (Å²) in [5.41, 5.74) is 6.42. The van der Waals surface area contributed by atoms with Gasteiger partial charge in [0.25, 0.3) is 0 Å². The third-order valence-corrected chi connectivity index (χ3v) is 6.55. The molecule has 0 amide bonds. The fraction of sp³-hybridized carbons (Fsp3) is 0.226. The largest absolute Gasteiger partial charge is 0.426 e. The van der Waals surface area contributed by atoms with E-state index in [0.717, 1.165) is 49.9 Å². The Hall–Kier alpha value is -3.99. The first kappa shape index (κ1) is 23.7. The van der Waals surface area contributed by atoms with Gasteiger partial charge in [-0.1, -0.05) is 50.2 Å². The van der Waals surface area contributed by atoms with Gasteiger partial charge in [-0.05, 0) is 78.8 Å². The maximum absolute atomic E-state index is 14.2. The van der Waals surface area contributed by atoms with Crippen LogP contribution in [0.15, 0.2) is 72.8 Å². The highest BCUT2D eigenvalue weighted by Crippen LogP contribution is 2.33. The Kier molecular flexibility index (Phi) is 6.55. The predicted molar refractivity (Wildman–Crippen MR) is 143 cm³/mol. The molecule has 5 rings (SSSR count). The quantitative estimate of drug-likeness (QED) is 0.190. The first-order valence-corrected chi connectivity index (χ1v) is 12.4. The molecule has 5 heteroatoms. The maximum atomic E-state index is 14.2. The molecule has 0 fully saturated rings. The number of halogens is 1. The van der Waals surface area contributed by atoms with E-state index in [1.54, 1.807) is 12.1 Å². The summed E-state index contributed by atoms with van der Waals surface area (Å²) >= 11 is 0. The second kappa shape index (κ2) is 9.94. The van der Waals surface area contributed by atoms with Crippen LogP contribution in [-0.4, -0.2) is 15.9 Å². The lowest BCUT2D eigenvalue weighted by molar-refractivity contribution is -0.134. The van der Waals surface area contributed by atoms with Gasteiger partial charge in [-0.25, -0.2) is 9.37 Å². The minimum atomic E-state index is -0.291. The second-order valence-corrected chi connectivity index (χ2v) is 9.58. The average molecular weight is 481 g/mol. The Labute approximate surface area is 210 Å². The first-order valence-electron chi connectivity index (χ1n) is 12.4. The number of rotatable bonds is 7. The smallest absolute Gasteiger partial charge is 0.311 e. The lowest BCUT2D eigenvalue weighted by atomic mass is 10.0. The molecule has 0 aliphatic carbocycles. The van der Waals surface area contributed by atoms with Crippen LogP contribution in [0.1, 0.15) is 49.3 Å². The summed E-state index contributed by atoms with van der Waals surface area (Å²) in [4.78, 5) is 21.0. The number of para-hydroxylation sites is 1. The fourth-order valence-electron chi connectivity index (χ4n) is 4.69. The van der Waals surface area contributed by atoms with Crippen LogP contribution in [-0.2, 0) is 11.2 Å². The first-order chi connectivity index (χ1) is 17.4. The molecule has 0 aliphatic rings. The van der Waals surface area contributed by atoms with Crippen LogP contribution in [0.25, 0.3) is 33.2 Å². The van der Waals surface area contributed by atoms with Gasteiger partial charge in [0, 0.05) is 22.7 Å². The molecule has 1 N–H and O–H groups in total. The maximum Gasteiger partial charge on any atom is 0.311 e. The van der Waals surface area contributed by atoms with Crippen molar-refractivity contribution in [3.05, 3.63) is 95.3 Å². The summed E-state index contributed by atoms with van der Waals surface area (Å²) in [6.45, 7) is 6.15. The minimum absolute atomic E-state index is 0.256. The number of aryl methyl sites for hydroxylation is 2. The number of carbonyl (C=O) groups is 1. The summed E-state index contributed by atoms with van der Waals surface area (Å²) < 4.78 is 19.9. The standard InChI is InChI=1S/C31H29FN2O2/c1-19(2)23-14-11-20(3)17-29(23)36-30(35)10-6-8-24-25-18-22(32)13-16-27(25)34-31(24)28-15-12-21-7-4-5-9-26(21)33-28/h4-5,7,9,11-19,34H,6,8,10H2,1-3H3. The van der Waals surface area contributed by atoms with Crippen molar-refractivity contribution < 1.29 is 13.9 Å². The minimum Gasteiger partial charge on any atom is -0.426 e. The molecule has 0 saturated carbocycles. The number of nitrogens with zero attached hydrogens (tertiary/aromatic N) is 1. The summed E-state index contributed by atoms with van der Waals surface area (Å²) in [5, 5.41) is 1.87. The number of nitrogens with one attached hydrogen (secondary N) is 1. The normalized spacial score (nSPS) is 11.5. The summed E-state index contributed by atoms with van der Waals surface area (Å²) in [5.74, 6) is 0.330. The van der Waals surface area contributed by atoms with Crippen molar-refractivity contribution in [2.45, 2.75) is 46.0 Å². The van der Waals surface area contributed by atoms with Gasteiger partial charge in [0.2, 0.25) is 0 Å². The average Bonchev–Trinajstić information content (AvgIpc) is 3.21. The van der Waals surface area contributed by atoms with Gasteiger partial charge in [-0.15, -0.1) is 0 Å². The van der Waals surface area contributed by atoms with E-state index in [0.29, 0.717) is 18.6 Å². The van der Waals surface area contributed by atoms with Crippen molar-refractivity contribution in [3.8, 4) is 17.1 Å². The van der Waals surface area contributed by atoms with E-state index in [9.17, 15) is 9.18 Å². The number of H-pyrrole nitrogens is 1. The molecule has 182 valence electrons. The highest BCUT2D eigenvalue weighted by Gasteiger charge is 2.17. The summed E-state index contributed by atoms with van der Waals surface area (Å²) in [6.07, 6.45) is 1.43. The molecule has 0 saturated heterocycles. The summed E-state index contributed by atoms with van der Waals surface area (Å²) in [6, 6.07) is 22.7. The van der Waals surface area contributed by atoms with Crippen LogP contribution < -0.4 is 4.74 Å². The SMILES string of the molecule is Cc1ccc(C(C)C)c(OC(=O)CCCc2c(-c3ccc4ccccc4n3)[nH]c3ccc(F)cc23)c1. The van der Waals surface area contributed by atoms with Gasteiger partial charge in [-0.3, -0.25) is 4.79 Å². The van der Waals surface area contributed by atoms with E-state index in [-0.39, 0.29) is 24.1 Å². The van der Waals surface area contributed by atoms with Crippen LogP contribution in [0, 0.1) is 12.7 Å². The van der Waals surface area contributed by atoms with Crippen molar-refractivity contribution in [2.24, 2.45) is 0 Å². The molecule has 0 radical (unpaired) electrons. The Balaban J connectivity index is 1.39. The number of esters is 1. The Morgan fingerprint density at radius 1 is 1.03 bits per heavy atom. The monoisotopic (exact) mass is 480 g/mol. The van der Waals surface area contributed by atoms with E-state index >= 15 is 0 Å². The molecule has 0 aliphatic heterocycles. The summed E-state index contributed by atoms with van der Waals surface area (Å²) in [7, 11) is 0. The van der Waals surface area contributed by atoms with Crippen molar-refractivity contribution in [1.82, 2.24) is 9.97 Å². The van der Waals surface area contributed by atoms with Gasteiger partial charge in [0.05, 0.1) is 16.9 Å². The number of ether oxygens (including phenoxy) is 1. The second-order valence-electron chi connectivity index (χ2n) is 9.58. The lowest BCUT2D eigenvalue weighted by Crippen LogP contribution is -2.10. The molecule has 2 aromatic heterocycles.